The van der Waals surface area contributed by atoms with Gasteiger partial charge in [0.05, 0.1) is 28.8 Å². The number of carbonyl (C=O) groups excluding carboxylic acids is 2. The molecule has 1 aliphatic carbocycles. The van der Waals surface area contributed by atoms with E-state index in [-0.39, 0.29) is 24.2 Å². The third-order valence-corrected chi connectivity index (χ3v) is 7.89. The Labute approximate surface area is 226 Å². The monoisotopic (exact) mass is 536 g/mol. The van der Waals surface area contributed by atoms with Gasteiger partial charge in [-0.1, -0.05) is 41.9 Å². The molecule has 1 saturated heterocycles. The molecule has 2 heterocycles. The molecule has 1 spiro atoms. The number of hydrogen-bond acceptors (Lipinski definition) is 6. The number of nitrogen functional groups attached to an aromatic ring is 1. The van der Waals surface area contributed by atoms with Crippen molar-refractivity contribution in [2.75, 3.05) is 18.8 Å². The second kappa shape index (κ2) is 9.94. The number of aromatic nitrogens is 2. The highest BCUT2D eigenvalue weighted by molar-refractivity contribution is 6.35. The topological polar surface area (TPSA) is 126 Å². The average Bonchev–Trinajstić information content (AvgIpc) is 3.39. The van der Waals surface area contributed by atoms with Crippen molar-refractivity contribution >= 4 is 46.2 Å². The summed E-state index contributed by atoms with van der Waals surface area (Å²) in [6.07, 6.45) is 4.89. The molecule has 9 nitrogen and oxygen atoms in total. The number of benzene rings is 2. The highest BCUT2D eigenvalue weighted by Gasteiger charge is 2.49. The quantitative estimate of drug-likeness (QED) is 0.236. The maximum Gasteiger partial charge on any atom is 0.410 e. The van der Waals surface area contributed by atoms with Crippen molar-refractivity contribution in [3.05, 3.63) is 59.4 Å². The van der Waals surface area contributed by atoms with Gasteiger partial charge in [-0.15, -0.1) is 0 Å². The zero-order valence-corrected chi connectivity index (χ0v) is 22.4. The Morgan fingerprint density at radius 3 is 2.84 bits per heavy atom. The number of amides is 2. The van der Waals surface area contributed by atoms with Gasteiger partial charge in [0.2, 0.25) is 5.91 Å². The zero-order valence-electron chi connectivity index (χ0n) is 21.7. The summed E-state index contributed by atoms with van der Waals surface area (Å²) in [6, 6.07) is 12.6. The Kier molecular flexibility index (Phi) is 6.81. The number of halogens is 1. The first kappa shape index (κ1) is 26.0. The van der Waals surface area contributed by atoms with Crippen LogP contribution in [-0.2, 0) is 16.1 Å². The lowest BCUT2D eigenvalue weighted by atomic mass is 9.77. The van der Waals surface area contributed by atoms with Gasteiger partial charge < -0.3 is 25.3 Å². The Balaban J connectivity index is 1.23. The minimum Gasteiger partial charge on any atom is -0.441 e. The van der Waals surface area contributed by atoms with Crippen molar-refractivity contribution in [1.29, 1.82) is 5.41 Å². The van der Waals surface area contributed by atoms with Gasteiger partial charge in [-0.25, -0.2) is 9.78 Å². The van der Waals surface area contributed by atoms with Gasteiger partial charge in [0.25, 0.3) is 0 Å². The van der Waals surface area contributed by atoms with Gasteiger partial charge in [0.1, 0.15) is 17.0 Å². The third-order valence-electron chi connectivity index (χ3n) is 7.60. The Bertz CT molecular complexity index is 1390. The molecule has 0 bridgehead atoms. The van der Waals surface area contributed by atoms with E-state index >= 15 is 0 Å². The molecule has 1 aromatic heterocycles. The molecule has 2 amide bonds. The fourth-order valence-corrected chi connectivity index (χ4v) is 6.00. The summed E-state index contributed by atoms with van der Waals surface area (Å²) in [4.78, 5) is 32.1. The van der Waals surface area contributed by atoms with Gasteiger partial charge in [-0.2, -0.15) is 0 Å². The van der Waals surface area contributed by atoms with Crippen LogP contribution in [0.1, 0.15) is 45.1 Å². The molecule has 0 radical (unpaired) electrons. The molecule has 200 valence electrons. The van der Waals surface area contributed by atoms with E-state index in [0.717, 1.165) is 43.3 Å². The van der Waals surface area contributed by atoms with Gasteiger partial charge >= 0.3 is 6.09 Å². The minimum atomic E-state index is -0.908. The van der Waals surface area contributed by atoms with Gasteiger partial charge in [0.15, 0.2) is 0 Å². The fraction of sp³-hybridized carbons (Fsp3) is 0.429. The van der Waals surface area contributed by atoms with Gasteiger partial charge in [-0.05, 0) is 57.6 Å². The molecule has 1 saturated carbocycles. The van der Waals surface area contributed by atoms with E-state index in [9.17, 15) is 9.59 Å². The third kappa shape index (κ3) is 5.20. The highest BCUT2D eigenvalue weighted by atomic mass is 35.5. The lowest BCUT2D eigenvalue weighted by Gasteiger charge is -2.36. The van der Waals surface area contributed by atoms with Crippen LogP contribution in [0.2, 0.25) is 5.02 Å². The molecule has 2 fully saturated rings. The maximum absolute atomic E-state index is 13.0. The van der Waals surface area contributed by atoms with Crippen LogP contribution in [0.4, 0.5) is 10.5 Å². The van der Waals surface area contributed by atoms with E-state index in [2.05, 4.69) is 14.9 Å². The van der Waals surface area contributed by atoms with Gasteiger partial charge in [0, 0.05) is 24.3 Å². The number of anilines is 1. The highest BCUT2D eigenvalue weighted by Crippen LogP contribution is 2.41. The van der Waals surface area contributed by atoms with Crippen LogP contribution in [0.25, 0.3) is 11.0 Å². The lowest BCUT2D eigenvalue weighted by molar-refractivity contribution is -0.128. The molecule has 1 aliphatic heterocycles. The molecule has 2 aliphatic rings. The fourth-order valence-electron chi connectivity index (χ4n) is 5.72. The number of nitrogens with zero attached hydrogens (tertiary/aromatic N) is 3. The number of amidine groups is 1. The summed E-state index contributed by atoms with van der Waals surface area (Å²) in [7, 11) is 0. The number of ether oxygens (including phenoxy) is 1. The first-order chi connectivity index (χ1) is 18.1. The number of imidazole rings is 1. The first-order valence-electron chi connectivity index (χ1n) is 12.9. The number of hydrogen-bond donors (Lipinski definition) is 3. The minimum absolute atomic E-state index is 0.0364. The number of fused-ring (bicyclic) bond motifs is 1. The Morgan fingerprint density at radius 2 is 2.08 bits per heavy atom. The largest absolute Gasteiger partial charge is 0.441 e. The van der Waals surface area contributed by atoms with E-state index < -0.39 is 17.1 Å². The van der Waals surface area contributed by atoms with E-state index in [1.165, 1.54) is 0 Å². The molecule has 5 rings (SSSR count). The molecule has 2 atom stereocenters. The number of nitrogens with two attached hydrogens (primary N) is 1. The van der Waals surface area contributed by atoms with Crippen LogP contribution < -0.4 is 11.1 Å². The number of nitrogens with one attached hydrogen (secondary N) is 2. The molecule has 10 heteroatoms. The van der Waals surface area contributed by atoms with Crippen LogP contribution >= 0.6 is 11.6 Å². The lowest BCUT2D eigenvalue weighted by Crippen LogP contribution is -2.48. The molecule has 4 N–H and O–H groups in total. The summed E-state index contributed by atoms with van der Waals surface area (Å²) < 4.78 is 8.07. The zero-order chi connectivity index (χ0) is 27.1. The maximum atomic E-state index is 13.0. The summed E-state index contributed by atoms with van der Waals surface area (Å²) in [5.74, 6) is 0.0117. The molecular formula is C28H33ClN6O3. The van der Waals surface area contributed by atoms with Gasteiger partial charge in [-0.3, -0.25) is 10.2 Å². The van der Waals surface area contributed by atoms with Crippen molar-refractivity contribution in [3.8, 4) is 0 Å². The van der Waals surface area contributed by atoms with E-state index in [4.69, 9.17) is 27.5 Å². The van der Waals surface area contributed by atoms with Crippen LogP contribution in [0, 0.1) is 16.7 Å². The number of carbonyl (C=O) groups is 2. The van der Waals surface area contributed by atoms with E-state index in [0.29, 0.717) is 22.8 Å². The first-order valence-corrected chi connectivity index (χ1v) is 13.3. The molecular weight excluding hydrogens is 504 g/mol. The van der Waals surface area contributed by atoms with E-state index in [1.54, 1.807) is 43.3 Å². The van der Waals surface area contributed by atoms with Crippen molar-refractivity contribution < 1.29 is 14.3 Å². The van der Waals surface area contributed by atoms with Crippen LogP contribution in [0.3, 0.4) is 0 Å². The average molecular weight is 537 g/mol. The van der Waals surface area contributed by atoms with Crippen molar-refractivity contribution in [1.82, 2.24) is 19.8 Å². The number of rotatable bonds is 6. The summed E-state index contributed by atoms with van der Waals surface area (Å²) in [5.41, 5.74) is 7.37. The normalized spacial score (nSPS) is 21.6. The second-order valence-electron chi connectivity index (χ2n) is 11.2. The predicted octanol–water partition coefficient (Wildman–Crippen LogP) is 4.82. The summed E-state index contributed by atoms with van der Waals surface area (Å²) >= 11 is 6.32. The smallest absolute Gasteiger partial charge is 0.410 e. The molecule has 38 heavy (non-hydrogen) atoms. The summed E-state index contributed by atoms with van der Waals surface area (Å²) in [6.45, 7) is 4.94. The van der Waals surface area contributed by atoms with Crippen molar-refractivity contribution in [2.45, 2.75) is 51.7 Å². The Hall–Kier alpha value is -3.59. The van der Waals surface area contributed by atoms with Crippen LogP contribution in [-0.4, -0.2) is 51.0 Å². The molecule has 0 unspecified atom stereocenters. The van der Waals surface area contributed by atoms with Crippen molar-refractivity contribution in [3.63, 3.8) is 0 Å². The summed E-state index contributed by atoms with van der Waals surface area (Å²) in [5, 5.41) is 11.5. The predicted molar refractivity (Wildman–Crippen MR) is 147 cm³/mol. The van der Waals surface area contributed by atoms with E-state index in [1.807, 2.05) is 24.3 Å². The Morgan fingerprint density at radius 1 is 1.32 bits per heavy atom. The standard InChI is InChI=1S/C28H33ClN6O3/c1-27(2,25(36)33-24(31)19-8-4-3-5-9-19)15-35-16-28(38-26(35)37)10-6-7-18(13-28)14-34-17-32-23-21(29)11-20(30)12-22(23)34/h3-5,8-9,11-12,17-18H,6-7,10,13-16,30H2,1-2H3,(H2,31,33,36)/t18-,28-/m0/s1. The second-order valence-corrected chi connectivity index (χ2v) is 11.6. The molecule has 3 aromatic rings. The van der Waals surface area contributed by atoms with Crippen molar-refractivity contribution in [2.24, 2.45) is 11.3 Å². The van der Waals surface area contributed by atoms with Crippen LogP contribution in [0.15, 0.2) is 48.8 Å². The van der Waals surface area contributed by atoms with Crippen LogP contribution in [0.5, 0.6) is 0 Å². The molecule has 2 aromatic carbocycles. The SMILES string of the molecule is CC(C)(CN1C[C@@]2(CCC[C@H](Cn3cnc4c(Cl)cc(N)cc43)C2)OC1=O)C(=O)NC(=N)c1ccccc1.